The van der Waals surface area contributed by atoms with Crippen molar-refractivity contribution in [2.75, 3.05) is 44.2 Å². The highest BCUT2D eigenvalue weighted by Crippen LogP contribution is 2.28. The first-order valence-electron chi connectivity index (χ1n) is 9.88. The van der Waals surface area contributed by atoms with E-state index in [0.717, 1.165) is 54.7 Å². The standard InChI is InChI=1S/C22H25N5OS/c1-17-3-5-18(6-4-17)19-7-16-29-20(19)21(28)23-10-11-26-12-14-27(15-13-26)22-24-8-2-9-25-22/h2-9,16H,10-15H2,1H3,(H,23,28). The average molecular weight is 408 g/mol. The molecule has 1 aliphatic rings. The number of carbonyl (C=O) groups excluding carboxylic acids is 1. The number of rotatable bonds is 6. The van der Waals surface area contributed by atoms with E-state index in [4.69, 9.17) is 0 Å². The number of thiophene rings is 1. The van der Waals surface area contributed by atoms with Gasteiger partial charge in [-0.05, 0) is 30.0 Å². The van der Waals surface area contributed by atoms with Crippen LogP contribution in [0, 0.1) is 6.92 Å². The van der Waals surface area contributed by atoms with Gasteiger partial charge in [0.1, 0.15) is 0 Å². The zero-order valence-electron chi connectivity index (χ0n) is 16.5. The second-order valence-corrected chi connectivity index (χ2v) is 8.08. The van der Waals surface area contributed by atoms with Gasteiger partial charge in [-0.25, -0.2) is 9.97 Å². The fraction of sp³-hybridized carbons (Fsp3) is 0.318. The van der Waals surface area contributed by atoms with Crippen molar-refractivity contribution in [2.45, 2.75) is 6.92 Å². The van der Waals surface area contributed by atoms with Crippen molar-refractivity contribution in [2.24, 2.45) is 0 Å². The predicted octanol–water partition coefficient (Wildman–Crippen LogP) is 3.07. The van der Waals surface area contributed by atoms with Crippen LogP contribution in [0.15, 0.2) is 54.2 Å². The Morgan fingerprint density at radius 2 is 1.79 bits per heavy atom. The van der Waals surface area contributed by atoms with Crippen molar-refractivity contribution in [3.8, 4) is 11.1 Å². The molecular weight excluding hydrogens is 382 g/mol. The summed E-state index contributed by atoms with van der Waals surface area (Å²) in [5.74, 6) is 0.800. The van der Waals surface area contributed by atoms with E-state index in [1.54, 1.807) is 12.4 Å². The minimum atomic E-state index is 0.00639. The molecule has 0 aliphatic carbocycles. The van der Waals surface area contributed by atoms with Gasteiger partial charge in [0.05, 0.1) is 4.88 Å². The van der Waals surface area contributed by atoms with Crippen LogP contribution in [0.25, 0.3) is 11.1 Å². The Kier molecular flexibility index (Phi) is 6.17. The second-order valence-electron chi connectivity index (χ2n) is 7.16. The molecule has 1 amide bonds. The van der Waals surface area contributed by atoms with Gasteiger partial charge in [0.25, 0.3) is 5.91 Å². The number of anilines is 1. The molecule has 1 aliphatic heterocycles. The van der Waals surface area contributed by atoms with E-state index < -0.39 is 0 Å². The van der Waals surface area contributed by atoms with E-state index in [1.807, 2.05) is 17.5 Å². The van der Waals surface area contributed by atoms with E-state index in [-0.39, 0.29) is 5.91 Å². The molecule has 0 spiro atoms. The molecule has 0 saturated carbocycles. The van der Waals surface area contributed by atoms with Crippen LogP contribution in [-0.4, -0.2) is 60.0 Å². The zero-order chi connectivity index (χ0) is 20.1. The van der Waals surface area contributed by atoms with Crippen molar-refractivity contribution in [3.63, 3.8) is 0 Å². The van der Waals surface area contributed by atoms with Crippen molar-refractivity contribution in [1.29, 1.82) is 0 Å². The fourth-order valence-corrected chi connectivity index (χ4v) is 4.31. The van der Waals surface area contributed by atoms with Gasteiger partial charge in [0, 0.05) is 57.2 Å². The Morgan fingerprint density at radius 3 is 2.52 bits per heavy atom. The Morgan fingerprint density at radius 1 is 1.07 bits per heavy atom. The highest BCUT2D eigenvalue weighted by atomic mass is 32.1. The van der Waals surface area contributed by atoms with Gasteiger partial charge in [-0.1, -0.05) is 29.8 Å². The molecule has 1 aromatic carbocycles. The van der Waals surface area contributed by atoms with Crippen molar-refractivity contribution in [3.05, 3.63) is 64.6 Å². The summed E-state index contributed by atoms with van der Waals surface area (Å²) < 4.78 is 0. The first kappa shape index (κ1) is 19.5. The van der Waals surface area contributed by atoms with Crippen molar-refractivity contribution >= 4 is 23.2 Å². The molecule has 3 aromatic rings. The normalized spacial score (nSPS) is 14.7. The number of nitrogens with zero attached hydrogens (tertiary/aromatic N) is 4. The number of amides is 1. The summed E-state index contributed by atoms with van der Waals surface area (Å²) in [6.07, 6.45) is 3.55. The summed E-state index contributed by atoms with van der Waals surface area (Å²) in [4.78, 5) is 26.7. The zero-order valence-corrected chi connectivity index (χ0v) is 17.4. The van der Waals surface area contributed by atoms with E-state index in [2.05, 4.69) is 56.3 Å². The fourth-order valence-electron chi connectivity index (χ4n) is 3.48. The lowest BCUT2D eigenvalue weighted by molar-refractivity contribution is 0.0952. The topological polar surface area (TPSA) is 61.4 Å². The molecule has 0 atom stereocenters. The highest BCUT2D eigenvalue weighted by molar-refractivity contribution is 7.12. The molecule has 7 heteroatoms. The molecule has 150 valence electrons. The maximum atomic E-state index is 12.7. The lowest BCUT2D eigenvalue weighted by Gasteiger charge is -2.34. The second kappa shape index (κ2) is 9.15. The van der Waals surface area contributed by atoms with Crippen LogP contribution in [0.1, 0.15) is 15.2 Å². The number of piperazine rings is 1. The molecule has 4 rings (SSSR count). The number of aryl methyl sites for hydroxylation is 1. The van der Waals surface area contributed by atoms with Crippen molar-refractivity contribution < 1.29 is 4.79 Å². The SMILES string of the molecule is Cc1ccc(-c2ccsc2C(=O)NCCN2CCN(c3ncccn3)CC2)cc1. The number of hydrogen-bond acceptors (Lipinski definition) is 6. The van der Waals surface area contributed by atoms with Crippen LogP contribution in [-0.2, 0) is 0 Å². The molecule has 1 fully saturated rings. The first-order chi connectivity index (χ1) is 14.2. The van der Waals surface area contributed by atoms with Crippen LogP contribution in [0.4, 0.5) is 5.95 Å². The van der Waals surface area contributed by atoms with E-state index in [0.29, 0.717) is 6.54 Å². The predicted molar refractivity (Wildman–Crippen MR) is 118 cm³/mol. The summed E-state index contributed by atoms with van der Waals surface area (Å²) in [5, 5.41) is 5.07. The molecule has 6 nitrogen and oxygen atoms in total. The van der Waals surface area contributed by atoms with Gasteiger partial charge in [-0.15, -0.1) is 11.3 Å². The summed E-state index contributed by atoms with van der Waals surface area (Å²) in [7, 11) is 0. The molecule has 1 saturated heterocycles. The highest BCUT2D eigenvalue weighted by Gasteiger charge is 2.19. The van der Waals surface area contributed by atoms with Crippen LogP contribution >= 0.6 is 11.3 Å². The Hall–Kier alpha value is -2.77. The summed E-state index contributed by atoms with van der Waals surface area (Å²) in [5.41, 5.74) is 3.30. The molecule has 0 unspecified atom stereocenters. The molecule has 1 N–H and O–H groups in total. The summed E-state index contributed by atoms with van der Waals surface area (Å²) in [6.45, 7) is 7.26. The largest absolute Gasteiger partial charge is 0.350 e. The van der Waals surface area contributed by atoms with E-state index in [1.165, 1.54) is 16.9 Å². The minimum Gasteiger partial charge on any atom is -0.350 e. The Bertz CT molecular complexity index is 933. The Balaban J connectivity index is 1.26. The third kappa shape index (κ3) is 4.81. The number of carbonyl (C=O) groups is 1. The quantitative estimate of drug-likeness (QED) is 0.681. The average Bonchev–Trinajstić information content (AvgIpc) is 3.25. The number of hydrogen-bond donors (Lipinski definition) is 1. The minimum absolute atomic E-state index is 0.00639. The molecule has 2 aromatic heterocycles. The number of benzene rings is 1. The van der Waals surface area contributed by atoms with Gasteiger partial charge >= 0.3 is 0 Å². The summed E-state index contributed by atoms with van der Waals surface area (Å²) in [6, 6.07) is 12.2. The molecule has 0 radical (unpaired) electrons. The van der Waals surface area contributed by atoms with Crippen LogP contribution in [0.3, 0.4) is 0 Å². The maximum absolute atomic E-state index is 12.7. The summed E-state index contributed by atoms with van der Waals surface area (Å²) >= 11 is 1.49. The maximum Gasteiger partial charge on any atom is 0.262 e. The smallest absolute Gasteiger partial charge is 0.262 e. The van der Waals surface area contributed by atoms with Crippen LogP contribution in [0.2, 0.25) is 0 Å². The van der Waals surface area contributed by atoms with Gasteiger partial charge < -0.3 is 10.2 Å². The third-order valence-corrected chi connectivity index (χ3v) is 6.07. The van der Waals surface area contributed by atoms with Crippen molar-refractivity contribution in [1.82, 2.24) is 20.2 Å². The Labute approximate surface area is 175 Å². The molecular formula is C22H25N5OS. The number of nitrogens with one attached hydrogen (secondary N) is 1. The van der Waals surface area contributed by atoms with E-state index >= 15 is 0 Å². The molecule has 0 bridgehead atoms. The van der Waals surface area contributed by atoms with E-state index in [9.17, 15) is 4.79 Å². The number of aromatic nitrogens is 2. The first-order valence-corrected chi connectivity index (χ1v) is 10.8. The molecule has 3 heterocycles. The van der Waals surface area contributed by atoms with Gasteiger partial charge in [-0.2, -0.15) is 0 Å². The van der Waals surface area contributed by atoms with Gasteiger partial charge in [-0.3, -0.25) is 9.69 Å². The van der Waals surface area contributed by atoms with Crippen LogP contribution < -0.4 is 10.2 Å². The lowest BCUT2D eigenvalue weighted by Crippen LogP contribution is -2.49. The molecule has 29 heavy (non-hydrogen) atoms. The van der Waals surface area contributed by atoms with Gasteiger partial charge in [0.15, 0.2) is 0 Å². The lowest BCUT2D eigenvalue weighted by atomic mass is 10.0. The third-order valence-electron chi connectivity index (χ3n) is 5.15. The monoisotopic (exact) mass is 407 g/mol. The van der Waals surface area contributed by atoms with Crippen LogP contribution in [0.5, 0.6) is 0 Å². The van der Waals surface area contributed by atoms with Gasteiger partial charge in [0.2, 0.25) is 5.95 Å².